The molecule has 0 radical (unpaired) electrons. The molecule has 5 heterocycles. The second-order valence-corrected chi connectivity index (χ2v) is 9.92. The molecule has 6 rings (SSSR count). The van der Waals surface area contributed by atoms with Crippen LogP contribution in [-0.4, -0.2) is 86.2 Å². The fourth-order valence-corrected chi connectivity index (χ4v) is 4.96. The minimum absolute atomic E-state index is 0.119. The van der Waals surface area contributed by atoms with E-state index in [1.807, 2.05) is 29.3 Å². The van der Waals surface area contributed by atoms with Gasteiger partial charge in [-0.05, 0) is 18.1 Å². The van der Waals surface area contributed by atoms with Crippen LogP contribution in [-0.2, 0) is 17.7 Å². The van der Waals surface area contributed by atoms with Crippen LogP contribution >= 0.6 is 0 Å². The molecule has 2 aliphatic rings. The van der Waals surface area contributed by atoms with Crippen LogP contribution in [0.1, 0.15) is 18.1 Å². The summed E-state index contributed by atoms with van der Waals surface area (Å²) in [5, 5.41) is 11.0. The average Bonchev–Trinajstić information content (AvgIpc) is 3.41. The van der Waals surface area contributed by atoms with E-state index in [2.05, 4.69) is 81.6 Å². The summed E-state index contributed by atoms with van der Waals surface area (Å²) in [6.45, 7) is 7.61. The molecule has 0 saturated carbocycles. The Labute approximate surface area is 227 Å². The Morgan fingerprint density at radius 1 is 1.00 bits per heavy atom. The van der Waals surface area contributed by atoms with Crippen molar-refractivity contribution in [3.05, 3.63) is 72.6 Å². The number of hydrogen-bond donors (Lipinski definition) is 2. The molecule has 0 spiro atoms. The maximum absolute atomic E-state index is 5.77. The number of nitrogens with one attached hydrogen (secondary N) is 2. The summed E-state index contributed by atoms with van der Waals surface area (Å²) in [5.41, 5.74) is 3.18. The third-order valence-corrected chi connectivity index (χ3v) is 6.95. The lowest BCUT2D eigenvalue weighted by Gasteiger charge is -2.39. The van der Waals surface area contributed by atoms with Crippen LogP contribution in [0.2, 0.25) is 0 Å². The highest BCUT2D eigenvalue weighted by atomic mass is 16.5. The van der Waals surface area contributed by atoms with E-state index in [4.69, 9.17) is 4.74 Å². The molecule has 1 aromatic carbocycles. The summed E-state index contributed by atoms with van der Waals surface area (Å²) in [7, 11) is 0. The molecule has 0 aliphatic carbocycles. The predicted octanol–water partition coefficient (Wildman–Crippen LogP) is 1.90. The molecule has 3 aromatic heterocycles. The molecular weight excluding hydrogens is 494 g/mol. The van der Waals surface area contributed by atoms with E-state index < -0.39 is 0 Å². The van der Waals surface area contributed by atoms with Gasteiger partial charge in [-0.3, -0.25) is 4.68 Å². The van der Waals surface area contributed by atoms with E-state index in [9.17, 15) is 0 Å². The summed E-state index contributed by atoms with van der Waals surface area (Å²) in [5.74, 6) is 1.89. The van der Waals surface area contributed by atoms with Crippen molar-refractivity contribution in [1.29, 1.82) is 0 Å². The largest absolute Gasteiger partial charge is 0.374 e. The molecule has 39 heavy (non-hydrogen) atoms. The van der Waals surface area contributed by atoms with Crippen LogP contribution in [0, 0.1) is 0 Å². The van der Waals surface area contributed by atoms with Crippen molar-refractivity contribution in [2.75, 3.05) is 54.4 Å². The molecule has 202 valence electrons. The Morgan fingerprint density at radius 3 is 2.67 bits per heavy atom. The highest BCUT2D eigenvalue weighted by Crippen LogP contribution is 2.21. The van der Waals surface area contributed by atoms with Gasteiger partial charge in [0.1, 0.15) is 6.33 Å². The molecule has 2 atom stereocenters. The van der Waals surface area contributed by atoms with Gasteiger partial charge in [0, 0.05) is 63.8 Å². The minimum atomic E-state index is 0.119. The number of rotatable bonds is 8. The molecule has 12 nitrogen and oxygen atoms in total. The fraction of sp³-hybridized carbons (Fsp3) is 0.407. The number of aromatic nitrogens is 7. The molecule has 2 fully saturated rings. The third-order valence-electron chi connectivity index (χ3n) is 6.95. The topological polar surface area (TPSA) is 122 Å². The van der Waals surface area contributed by atoms with Gasteiger partial charge in [-0.25, -0.2) is 19.9 Å². The van der Waals surface area contributed by atoms with Gasteiger partial charge >= 0.3 is 0 Å². The zero-order valence-electron chi connectivity index (χ0n) is 22.0. The molecular formula is C27H33N11O. The first-order valence-electron chi connectivity index (χ1n) is 13.4. The van der Waals surface area contributed by atoms with Gasteiger partial charge in [-0.2, -0.15) is 10.1 Å². The first kappa shape index (κ1) is 25.1. The van der Waals surface area contributed by atoms with E-state index in [0.717, 1.165) is 63.0 Å². The monoisotopic (exact) mass is 527 g/mol. The van der Waals surface area contributed by atoms with Crippen molar-refractivity contribution in [2.45, 2.75) is 32.0 Å². The van der Waals surface area contributed by atoms with Gasteiger partial charge in [-0.1, -0.05) is 30.3 Å². The smallest absolute Gasteiger partial charge is 0.232 e. The Balaban J connectivity index is 1.05. The lowest BCUT2D eigenvalue weighted by Crippen LogP contribution is -2.53. The predicted molar refractivity (Wildman–Crippen MR) is 148 cm³/mol. The van der Waals surface area contributed by atoms with Crippen molar-refractivity contribution in [3.8, 4) is 0 Å². The fourth-order valence-electron chi connectivity index (χ4n) is 4.96. The first-order valence-corrected chi connectivity index (χ1v) is 13.4. The Hall–Kier alpha value is -4.16. The maximum atomic E-state index is 5.77. The van der Waals surface area contributed by atoms with Gasteiger partial charge < -0.3 is 25.2 Å². The standard InChI is InChI=1S/C27H33N11O/c1-20-16-36(8-9-38(20)26-29-12-22(13-30-26)11-21-5-3-2-4-6-21)27-32-19-31-25(35-27)34-23-14-33-37(17-23)18-24-15-28-7-10-39-24/h2-6,12-14,17,19-20,24,28H,7-11,15-16,18H2,1H3,(H,31,32,34,35). The van der Waals surface area contributed by atoms with Gasteiger partial charge in [-0.15, -0.1) is 0 Å². The normalized spacial score (nSPS) is 19.7. The van der Waals surface area contributed by atoms with Crippen LogP contribution in [0.5, 0.6) is 0 Å². The zero-order valence-corrected chi connectivity index (χ0v) is 22.0. The van der Waals surface area contributed by atoms with Gasteiger partial charge in [0.2, 0.25) is 17.8 Å². The van der Waals surface area contributed by atoms with Crippen LogP contribution in [0.4, 0.5) is 23.5 Å². The number of ether oxygens (including phenoxy) is 1. The summed E-state index contributed by atoms with van der Waals surface area (Å²) in [6.07, 6.45) is 10.1. The molecule has 2 aliphatic heterocycles. The van der Waals surface area contributed by atoms with Crippen molar-refractivity contribution >= 4 is 23.5 Å². The Morgan fingerprint density at radius 2 is 1.87 bits per heavy atom. The second kappa shape index (κ2) is 11.7. The van der Waals surface area contributed by atoms with E-state index in [1.54, 1.807) is 12.5 Å². The molecule has 0 bridgehead atoms. The van der Waals surface area contributed by atoms with E-state index in [1.165, 1.54) is 5.56 Å². The summed E-state index contributed by atoms with van der Waals surface area (Å²) in [6, 6.07) is 10.6. The highest BCUT2D eigenvalue weighted by Gasteiger charge is 2.27. The lowest BCUT2D eigenvalue weighted by atomic mass is 10.1. The van der Waals surface area contributed by atoms with Crippen LogP contribution < -0.4 is 20.4 Å². The Bertz CT molecular complexity index is 1340. The van der Waals surface area contributed by atoms with Crippen LogP contribution in [0.25, 0.3) is 0 Å². The number of piperazine rings is 1. The summed E-state index contributed by atoms with van der Waals surface area (Å²) in [4.78, 5) is 27.2. The van der Waals surface area contributed by atoms with Gasteiger partial charge in [0.25, 0.3) is 0 Å². The van der Waals surface area contributed by atoms with E-state index in [-0.39, 0.29) is 12.1 Å². The Kier molecular flexibility index (Phi) is 7.54. The summed E-state index contributed by atoms with van der Waals surface area (Å²) < 4.78 is 7.64. The number of hydrogen-bond acceptors (Lipinski definition) is 11. The molecule has 2 N–H and O–H groups in total. The van der Waals surface area contributed by atoms with E-state index in [0.29, 0.717) is 18.4 Å². The van der Waals surface area contributed by atoms with Crippen LogP contribution in [0.15, 0.2) is 61.4 Å². The molecule has 2 unspecified atom stereocenters. The second-order valence-electron chi connectivity index (χ2n) is 9.92. The first-order chi connectivity index (χ1) is 19.2. The lowest BCUT2D eigenvalue weighted by molar-refractivity contribution is 0.0161. The van der Waals surface area contributed by atoms with Crippen LogP contribution in [0.3, 0.4) is 0 Å². The quantitative estimate of drug-likeness (QED) is 0.349. The maximum Gasteiger partial charge on any atom is 0.232 e. The summed E-state index contributed by atoms with van der Waals surface area (Å²) >= 11 is 0. The molecule has 12 heteroatoms. The van der Waals surface area contributed by atoms with Crippen molar-refractivity contribution < 1.29 is 4.74 Å². The SMILES string of the molecule is CC1CN(c2ncnc(Nc3cnn(CC4CNCCO4)c3)n2)CCN1c1ncc(Cc2ccccc2)cn1. The minimum Gasteiger partial charge on any atom is -0.374 e. The molecule has 2 saturated heterocycles. The van der Waals surface area contributed by atoms with E-state index >= 15 is 0 Å². The molecule has 4 aromatic rings. The number of benzene rings is 1. The number of morpholine rings is 1. The van der Waals surface area contributed by atoms with Crippen molar-refractivity contribution in [3.63, 3.8) is 0 Å². The molecule has 0 amide bonds. The highest BCUT2D eigenvalue weighted by molar-refractivity contribution is 5.52. The number of nitrogens with zero attached hydrogens (tertiary/aromatic N) is 9. The van der Waals surface area contributed by atoms with Crippen molar-refractivity contribution in [1.82, 2.24) is 40.0 Å². The number of anilines is 4. The zero-order chi connectivity index (χ0) is 26.4. The van der Waals surface area contributed by atoms with Gasteiger partial charge in [0.15, 0.2) is 0 Å². The third kappa shape index (κ3) is 6.29. The van der Waals surface area contributed by atoms with Crippen molar-refractivity contribution in [2.24, 2.45) is 0 Å². The van der Waals surface area contributed by atoms with Gasteiger partial charge in [0.05, 0.1) is 31.1 Å². The average molecular weight is 528 g/mol.